The number of hydrogen-bond donors (Lipinski definition) is 1. The smallest absolute Gasteiger partial charge is 0.263 e. The fraction of sp³-hybridized carbons (Fsp3) is 0.412. The molecule has 0 saturated carbocycles. The van der Waals surface area contributed by atoms with Gasteiger partial charge in [0, 0.05) is 43.5 Å². The molecule has 26 heavy (non-hydrogen) atoms. The summed E-state index contributed by atoms with van der Waals surface area (Å²) in [4.78, 5) is 12.7. The highest BCUT2D eigenvalue weighted by atomic mass is 32.2. The van der Waals surface area contributed by atoms with Crippen LogP contribution in [0.5, 0.6) is 0 Å². The molecular formula is C17H22N4O3S2. The van der Waals surface area contributed by atoms with Crippen LogP contribution in [0.25, 0.3) is 0 Å². The maximum Gasteiger partial charge on any atom is 0.263 e. The Kier molecular flexibility index (Phi) is 5.69. The van der Waals surface area contributed by atoms with Gasteiger partial charge >= 0.3 is 0 Å². The Labute approximate surface area is 157 Å². The fourth-order valence-electron chi connectivity index (χ4n) is 2.79. The number of carbonyl (C=O) groups is 1. The van der Waals surface area contributed by atoms with Crippen molar-refractivity contribution in [1.82, 2.24) is 14.1 Å². The van der Waals surface area contributed by atoms with Gasteiger partial charge in [-0.3, -0.25) is 9.48 Å². The molecule has 1 aliphatic rings. The molecule has 0 spiro atoms. The van der Waals surface area contributed by atoms with Crippen LogP contribution in [0.4, 0.5) is 5.69 Å². The van der Waals surface area contributed by atoms with Crippen molar-refractivity contribution in [2.45, 2.75) is 18.4 Å². The summed E-state index contributed by atoms with van der Waals surface area (Å²) in [7, 11) is -2.18. The second kappa shape index (κ2) is 7.81. The number of nitrogens with zero attached hydrogens (tertiary/aromatic N) is 3. The third-order valence-corrected chi connectivity index (χ3v) is 6.96. The number of thioether (sulfide) groups is 1. The van der Waals surface area contributed by atoms with Gasteiger partial charge in [0.1, 0.15) is 0 Å². The molecule has 0 bridgehead atoms. The van der Waals surface area contributed by atoms with Crippen LogP contribution >= 0.6 is 11.8 Å². The van der Waals surface area contributed by atoms with Crippen LogP contribution in [0.15, 0.2) is 35.5 Å². The first kappa shape index (κ1) is 18.9. The lowest BCUT2D eigenvalue weighted by Gasteiger charge is -2.24. The minimum Gasteiger partial charge on any atom is -0.322 e. The highest BCUT2D eigenvalue weighted by Gasteiger charge is 2.33. The maximum atomic E-state index is 12.9. The average molecular weight is 395 g/mol. The molecule has 7 nitrogen and oxygen atoms in total. The maximum absolute atomic E-state index is 12.9. The van der Waals surface area contributed by atoms with Gasteiger partial charge in [-0.05, 0) is 24.1 Å². The van der Waals surface area contributed by atoms with Crippen molar-refractivity contribution >= 4 is 33.4 Å². The highest BCUT2D eigenvalue weighted by Crippen LogP contribution is 2.23. The predicted octanol–water partition coefficient (Wildman–Crippen LogP) is 1.97. The Morgan fingerprint density at radius 1 is 1.31 bits per heavy atom. The number of nitrogens with one attached hydrogen (secondary N) is 1. The minimum atomic E-state index is -3.79. The van der Waals surface area contributed by atoms with E-state index in [-0.39, 0.29) is 10.6 Å². The summed E-state index contributed by atoms with van der Waals surface area (Å²) in [5.74, 6) is 1.02. The van der Waals surface area contributed by atoms with Crippen LogP contribution in [0, 0.1) is 0 Å². The summed E-state index contributed by atoms with van der Waals surface area (Å²) in [6.07, 6.45) is 2.30. The molecule has 0 aliphatic carbocycles. The standard InChI is InChI=1S/C17H22N4O3S2/c1-3-13-5-4-6-14(11-13)18-16(22)15-12-20(2)19-17(15)26(23,24)21-7-9-25-10-8-21/h4-6,11-12H,3,7-10H2,1-2H3,(H,18,22). The quantitative estimate of drug-likeness (QED) is 0.838. The molecule has 9 heteroatoms. The van der Waals surface area contributed by atoms with Gasteiger partial charge in [-0.25, -0.2) is 8.42 Å². The van der Waals surface area contributed by atoms with Crippen molar-refractivity contribution in [1.29, 1.82) is 0 Å². The molecule has 0 atom stereocenters. The van der Waals surface area contributed by atoms with E-state index in [2.05, 4.69) is 10.4 Å². The van der Waals surface area contributed by atoms with E-state index in [1.165, 1.54) is 15.2 Å². The molecule has 2 aromatic rings. The van der Waals surface area contributed by atoms with E-state index in [0.29, 0.717) is 18.8 Å². The van der Waals surface area contributed by atoms with Crippen LogP contribution in [0.2, 0.25) is 0 Å². The minimum absolute atomic E-state index is 0.0626. The lowest BCUT2D eigenvalue weighted by atomic mass is 10.1. The van der Waals surface area contributed by atoms with Gasteiger partial charge in [0.15, 0.2) is 0 Å². The molecule has 140 valence electrons. The Bertz CT molecular complexity index is 902. The topological polar surface area (TPSA) is 84.3 Å². The predicted molar refractivity (Wildman–Crippen MR) is 103 cm³/mol. The van der Waals surface area contributed by atoms with Crippen molar-refractivity contribution in [2.75, 3.05) is 29.9 Å². The molecule has 0 unspecified atom stereocenters. The van der Waals surface area contributed by atoms with Gasteiger partial charge in [-0.1, -0.05) is 19.1 Å². The molecule has 1 aliphatic heterocycles. The van der Waals surface area contributed by atoms with E-state index in [9.17, 15) is 13.2 Å². The lowest BCUT2D eigenvalue weighted by Crippen LogP contribution is -2.38. The van der Waals surface area contributed by atoms with Gasteiger partial charge in [0.05, 0.1) is 5.56 Å². The van der Waals surface area contributed by atoms with Crippen molar-refractivity contribution in [2.24, 2.45) is 7.05 Å². The number of hydrogen-bond acceptors (Lipinski definition) is 5. The Morgan fingerprint density at radius 2 is 2.04 bits per heavy atom. The second-order valence-electron chi connectivity index (χ2n) is 6.05. The third-order valence-electron chi connectivity index (χ3n) is 4.19. The Morgan fingerprint density at radius 3 is 2.73 bits per heavy atom. The fourth-order valence-corrected chi connectivity index (χ4v) is 5.49. The zero-order chi connectivity index (χ0) is 18.7. The average Bonchev–Trinajstić information content (AvgIpc) is 3.05. The van der Waals surface area contributed by atoms with Gasteiger partial charge in [-0.2, -0.15) is 21.2 Å². The molecular weight excluding hydrogens is 372 g/mol. The van der Waals surface area contributed by atoms with Gasteiger partial charge in [0.2, 0.25) is 5.03 Å². The number of aryl methyl sites for hydroxylation is 2. The van der Waals surface area contributed by atoms with Crippen molar-refractivity contribution in [3.8, 4) is 0 Å². The number of amides is 1. The molecule has 1 aromatic heterocycles. The van der Waals surface area contributed by atoms with Gasteiger partial charge in [-0.15, -0.1) is 0 Å². The summed E-state index contributed by atoms with van der Waals surface area (Å²) in [5.41, 5.74) is 1.79. The number of rotatable bonds is 5. The zero-order valence-electron chi connectivity index (χ0n) is 14.8. The van der Waals surface area contributed by atoms with E-state index in [1.807, 2.05) is 25.1 Å². The van der Waals surface area contributed by atoms with E-state index in [4.69, 9.17) is 0 Å². The van der Waals surface area contributed by atoms with Crippen LogP contribution in [-0.2, 0) is 23.5 Å². The van der Waals surface area contributed by atoms with Crippen LogP contribution in [0.3, 0.4) is 0 Å². The lowest BCUT2D eigenvalue weighted by molar-refractivity contribution is 0.102. The molecule has 3 rings (SSSR count). The number of carbonyl (C=O) groups excluding carboxylic acids is 1. The SMILES string of the molecule is CCc1cccc(NC(=O)c2cn(C)nc2S(=O)(=O)N2CCSCC2)c1. The molecule has 1 saturated heterocycles. The van der Waals surface area contributed by atoms with Crippen LogP contribution in [0.1, 0.15) is 22.8 Å². The van der Waals surface area contributed by atoms with Crippen LogP contribution in [-0.4, -0.2) is 53.0 Å². The molecule has 1 fully saturated rings. The summed E-state index contributed by atoms with van der Waals surface area (Å²) in [6.45, 7) is 2.90. The molecule has 2 heterocycles. The van der Waals surface area contributed by atoms with Crippen LogP contribution < -0.4 is 5.32 Å². The van der Waals surface area contributed by atoms with E-state index < -0.39 is 15.9 Å². The molecule has 1 N–H and O–H groups in total. The van der Waals surface area contributed by atoms with E-state index >= 15 is 0 Å². The summed E-state index contributed by atoms with van der Waals surface area (Å²) >= 11 is 1.72. The summed E-state index contributed by atoms with van der Waals surface area (Å²) < 4.78 is 28.6. The van der Waals surface area contributed by atoms with E-state index in [1.54, 1.807) is 24.9 Å². The summed E-state index contributed by atoms with van der Waals surface area (Å²) in [6, 6.07) is 7.50. The number of aromatic nitrogens is 2. The van der Waals surface area contributed by atoms with Gasteiger partial charge < -0.3 is 5.32 Å². The molecule has 0 radical (unpaired) electrons. The number of sulfonamides is 1. The first-order valence-corrected chi connectivity index (χ1v) is 11.0. The van der Waals surface area contributed by atoms with E-state index in [0.717, 1.165) is 23.5 Å². The van der Waals surface area contributed by atoms with Gasteiger partial charge in [0.25, 0.3) is 15.9 Å². The second-order valence-corrected chi connectivity index (χ2v) is 9.12. The Hall–Kier alpha value is -1.84. The zero-order valence-corrected chi connectivity index (χ0v) is 16.4. The first-order chi connectivity index (χ1) is 12.4. The van der Waals surface area contributed by atoms with Crippen molar-refractivity contribution in [3.63, 3.8) is 0 Å². The molecule has 1 amide bonds. The monoisotopic (exact) mass is 394 g/mol. The number of benzene rings is 1. The third kappa shape index (κ3) is 3.94. The number of anilines is 1. The van der Waals surface area contributed by atoms with Crippen molar-refractivity contribution < 1.29 is 13.2 Å². The normalized spacial score (nSPS) is 15.8. The van der Waals surface area contributed by atoms with Crippen molar-refractivity contribution in [3.05, 3.63) is 41.6 Å². The molecule has 1 aromatic carbocycles. The Balaban J connectivity index is 1.89. The highest BCUT2D eigenvalue weighted by molar-refractivity contribution is 7.99. The summed E-state index contributed by atoms with van der Waals surface area (Å²) in [5, 5.41) is 6.67. The largest absolute Gasteiger partial charge is 0.322 e. The first-order valence-electron chi connectivity index (χ1n) is 8.43.